The lowest BCUT2D eigenvalue weighted by molar-refractivity contribution is 1.44. The van der Waals surface area contributed by atoms with E-state index in [4.69, 9.17) is 0 Å². The van der Waals surface area contributed by atoms with Gasteiger partial charge in [-0.2, -0.15) is 0 Å². The lowest BCUT2D eigenvalue weighted by Gasteiger charge is -1.96. The monoisotopic (exact) mass is 204 g/mol. The van der Waals surface area contributed by atoms with E-state index in [0.29, 0.717) is 0 Å². The zero-order valence-corrected chi connectivity index (χ0v) is 10.7. The highest BCUT2D eigenvalue weighted by molar-refractivity contribution is 5.54. The van der Waals surface area contributed by atoms with Crippen molar-refractivity contribution in [1.29, 1.82) is 0 Å². The fourth-order valence-electron chi connectivity index (χ4n) is 0.945. The van der Waals surface area contributed by atoms with E-state index in [1.54, 1.807) is 6.08 Å². The smallest absolute Gasteiger partial charge is 0.0227 e. The van der Waals surface area contributed by atoms with Crippen LogP contribution in [0.1, 0.15) is 38.8 Å². The summed E-state index contributed by atoms with van der Waals surface area (Å²) < 4.78 is 0. The van der Waals surface area contributed by atoms with Gasteiger partial charge in [0.15, 0.2) is 0 Å². The Labute approximate surface area is 95.3 Å². The first-order valence-electron chi connectivity index (χ1n) is 5.69. The minimum Gasteiger partial charge on any atom is -0.0991 e. The van der Waals surface area contributed by atoms with Gasteiger partial charge in [0, 0.05) is 0 Å². The van der Waals surface area contributed by atoms with E-state index in [2.05, 4.69) is 31.7 Å². The molecule has 1 aromatic carbocycles. The topological polar surface area (TPSA) is 0 Å². The summed E-state index contributed by atoms with van der Waals surface area (Å²) in [6.45, 7) is 13.7. The first kappa shape index (κ1) is 16.1. The van der Waals surface area contributed by atoms with Crippen LogP contribution in [0.5, 0.6) is 0 Å². The molecule has 0 aromatic heterocycles. The average Bonchev–Trinajstić information content (AvgIpc) is 2.33. The number of allylic oxidation sites excluding steroid dienone is 2. The molecule has 0 aliphatic carbocycles. The van der Waals surface area contributed by atoms with Crippen molar-refractivity contribution < 1.29 is 0 Å². The van der Waals surface area contributed by atoms with E-state index in [-0.39, 0.29) is 0 Å². The van der Waals surface area contributed by atoms with Crippen LogP contribution in [-0.4, -0.2) is 0 Å². The summed E-state index contributed by atoms with van der Waals surface area (Å²) in [4.78, 5) is 0. The van der Waals surface area contributed by atoms with Gasteiger partial charge in [-0.25, -0.2) is 0 Å². The van der Waals surface area contributed by atoms with Gasteiger partial charge in [-0.05, 0) is 18.1 Å². The molecule has 1 aromatic rings. The predicted molar refractivity (Wildman–Crippen MR) is 73.1 cm³/mol. The molecule has 0 amide bonds. The molecule has 0 unspecified atom stereocenters. The molecular formula is C15H24. The molecule has 15 heavy (non-hydrogen) atoms. The van der Waals surface area contributed by atoms with Crippen molar-refractivity contribution in [2.45, 2.75) is 34.6 Å². The van der Waals surface area contributed by atoms with Crippen molar-refractivity contribution in [1.82, 2.24) is 0 Å². The van der Waals surface area contributed by atoms with Crippen molar-refractivity contribution in [3.63, 3.8) is 0 Å². The Morgan fingerprint density at radius 1 is 1.00 bits per heavy atom. The highest BCUT2D eigenvalue weighted by Crippen LogP contribution is 2.08. The Hall–Kier alpha value is -1.30. The van der Waals surface area contributed by atoms with Crippen LogP contribution in [0.25, 0.3) is 6.08 Å². The molecule has 84 valence electrons. The van der Waals surface area contributed by atoms with Crippen molar-refractivity contribution >= 4 is 6.08 Å². The summed E-state index contributed by atoms with van der Waals surface area (Å²) in [6, 6.07) is 8.27. The minimum atomic E-state index is 1.26. The zero-order chi connectivity index (χ0) is 12.1. The molecule has 1 rings (SSSR count). The molecule has 0 N–H and O–H groups in total. The second-order valence-corrected chi connectivity index (χ2v) is 2.45. The molecule has 0 nitrogen and oxygen atoms in total. The second kappa shape index (κ2) is 12.7. The van der Waals surface area contributed by atoms with Crippen LogP contribution in [0.4, 0.5) is 0 Å². The molecule has 0 saturated carbocycles. The minimum absolute atomic E-state index is 1.26. The third kappa shape index (κ3) is 7.75. The van der Waals surface area contributed by atoms with Gasteiger partial charge in [-0.1, -0.05) is 76.8 Å². The maximum Gasteiger partial charge on any atom is -0.0227 e. The van der Waals surface area contributed by atoms with Gasteiger partial charge in [0.2, 0.25) is 0 Å². The fraction of sp³-hybridized carbons (Fsp3) is 0.333. The van der Waals surface area contributed by atoms with Crippen molar-refractivity contribution in [3.05, 3.63) is 54.1 Å². The van der Waals surface area contributed by atoms with Gasteiger partial charge >= 0.3 is 0 Å². The Morgan fingerprint density at radius 2 is 1.53 bits per heavy atom. The molecule has 0 bridgehead atoms. The molecule has 0 fully saturated rings. The van der Waals surface area contributed by atoms with Crippen molar-refractivity contribution in [2.75, 3.05) is 0 Å². The summed E-state index contributed by atoms with van der Waals surface area (Å²) in [7, 11) is 0. The van der Waals surface area contributed by atoms with Gasteiger partial charge in [0.1, 0.15) is 0 Å². The van der Waals surface area contributed by atoms with Crippen LogP contribution >= 0.6 is 0 Å². The van der Waals surface area contributed by atoms with E-state index < -0.39 is 0 Å². The first-order valence-corrected chi connectivity index (χ1v) is 5.69. The summed E-state index contributed by atoms with van der Waals surface area (Å²) in [5.74, 6) is 0. The molecule has 0 heterocycles. The zero-order valence-electron chi connectivity index (χ0n) is 10.7. The van der Waals surface area contributed by atoms with Gasteiger partial charge in [0.05, 0.1) is 0 Å². The normalized spacial score (nSPS) is 8.33. The number of benzene rings is 1. The van der Waals surface area contributed by atoms with Crippen molar-refractivity contribution in [3.8, 4) is 0 Å². The number of hydrogen-bond donors (Lipinski definition) is 0. The van der Waals surface area contributed by atoms with Gasteiger partial charge in [-0.15, -0.1) is 0 Å². The quantitative estimate of drug-likeness (QED) is 0.577. The summed E-state index contributed by atoms with van der Waals surface area (Å²) in [5, 5.41) is 0. The number of hydrogen-bond acceptors (Lipinski definition) is 0. The summed E-state index contributed by atoms with van der Waals surface area (Å²) in [5.41, 5.74) is 2.55. The predicted octanol–water partition coefficient (Wildman–Crippen LogP) is 5.25. The van der Waals surface area contributed by atoms with Crippen LogP contribution < -0.4 is 0 Å². The van der Waals surface area contributed by atoms with Crippen LogP contribution in [-0.2, 0) is 0 Å². The summed E-state index contributed by atoms with van der Waals surface area (Å²) in [6.07, 6.45) is 5.79. The maximum atomic E-state index is 3.62. The van der Waals surface area contributed by atoms with E-state index in [0.717, 1.165) is 0 Å². The number of rotatable bonds is 2. The van der Waals surface area contributed by atoms with Crippen LogP contribution in [0.3, 0.4) is 0 Å². The highest BCUT2D eigenvalue weighted by Gasteiger charge is 1.88. The van der Waals surface area contributed by atoms with Crippen LogP contribution in [0.15, 0.2) is 43.0 Å². The average molecular weight is 204 g/mol. The van der Waals surface area contributed by atoms with Crippen LogP contribution in [0, 0.1) is 6.92 Å². The molecule has 0 heteroatoms. The molecule has 0 atom stereocenters. The first-order chi connectivity index (χ1) is 7.34. The lowest BCUT2D eigenvalue weighted by atomic mass is 10.1. The fourth-order valence-corrected chi connectivity index (χ4v) is 0.945. The molecule has 0 saturated heterocycles. The molecule has 0 radical (unpaired) electrons. The SMILES string of the molecule is C=C/C=C\c1ccccc1C.CC.CC. The largest absolute Gasteiger partial charge is 0.0991 e. The Morgan fingerprint density at radius 3 is 2.00 bits per heavy atom. The molecular weight excluding hydrogens is 180 g/mol. The molecule has 0 aliphatic rings. The second-order valence-electron chi connectivity index (χ2n) is 2.45. The third-order valence-electron chi connectivity index (χ3n) is 1.60. The van der Waals surface area contributed by atoms with E-state index in [9.17, 15) is 0 Å². The number of aryl methyl sites for hydroxylation is 1. The van der Waals surface area contributed by atoms with Crippen molar-refractivity contribution in [2.24, 2.45) is 0 Å². The van der Waals surface area contributed by atoms with E-state index in [1.165, 1.54) is 11.1 Å². The summed E-state index contributed by atoms with van der Waals surface area (Å²) >= 11 is 0. The lowest BCUT2D eigenvalue weighted by Crippen LogP contribution is -1.76. The highest BCUT2D eigenvalue weighted by atomic mass is 13.9. The molecule has 0 spiro atoms. The third-order valence-corrected chi connectivity index (χ3v) is 1.60. The Balaban J connectivity index is 0. The van der Waals surface area contributed by atoms with Gasteiger partial charge in [-0.3, -0.25) is 0 Å². The Bertz CT molecular complexity index is 269. The Kier molecular flexibility index (Phi) is 13.7. The van der Waals surface area contributed by atoms with Gasteiger partial charge < -0.3 is 0 Å². The molecule has 0 aliphatic heterocycles. The van der Waals surface area contributed by atoms with Gasteiger partial charge in [0.25, 0.3) is 0 Å². The standard InChI is InChI=1S/C11H12.2C2H6/c1-3-4-8-11-9-6-5-7-10(11)2;2*1-2/h3-9H,1H2,2H3;2*1-2H3/b8-4-;;. The maximum absolute atomic E-state index is 3.62. The van der Waals surface area contributed by atoms with Crippen LogP contribution in [0.2, 0.25) is 0 Å². The van der Waals surface area contributed by atoms with E-state index >= 15 is 0 Å². The van der Waals surface area contributed by atoms with E-state index in [1.807, 2.05) is 45.9 Å².